The number of benzene rings is 1. The number of hydrogen-bond donors (Lipinski definition) is 2. The highest BCUT2D eigenvalue weighted by atomic mass is 16.6. The fraction of sp³-hybridized carbons (Fsp3) is 0.300. The van der Waals surface area contributed by atoms with E-state index in [1.807, 2.05) is 0 Å². The average molecular weight is 240 g/mol. The van der Waals surface area contributed by atoms with E-state index >= 15 is 0 Å². The average Bonchev–Trinajstić information content (AvgIpc) is 2.28. The van der Waals surface area contributed by atoms with Crippen molar-refractivity contribution in [2.24, 2.45) is 0 Å². The van der Waals surface area contributed by atoms with Crippen LogP contribution in [0.4, 0.5) is 11.4 Å². The number of hydrogen-bond acceptors (Lipinski definition) is 5. The summed E-state index contributed by atoms with van der Waals surface area (Å²) in [5, 5.41) is 22.2. The Labute approximate surface area is 97.2 Å². The number of phenolic OH excluding ortho intramolecular Hbond substituents is 1. The Bertz CT molecular complexity index is 433. The first-order chi connectivity index (χ1) is 8.04. The van der Waals surface area contributed by atoms with E-state index in [1.165, 1.54) is 12.1 Å². The summed E-state index contributed by atoms with van der Waals surface area (Å²) in [6, 6.07) is 3.42. The minimum absolute atomic E-state index is 0.111. The van der Waals surface area contributed by atoms with Crippen LogP contribution in [0.5, 0.6) is 5.75 Å². The number of nitrogens with one attached hydrogen (secondary N) is 1. The Kier molecular flexibility index (Phi) is 4.41. The predicted octanol–water partition coefficient (Wildman–Crippen LogP) is 1.28. The van der Waals surface area contributed by atoms with Crippen LogP contribution in [0.1, 0.15) is 6.92 Å². The number of rotatable bonds is 5. The molecular formula is C10H12N2O5. The van der Waals surface area contributed by atoms with Gasteiger partial charge in [0.25, 0.3) is 5.69 Å². The third-order valence-corrected chi connectivity index (χ3v) is 1.90. The summed E-state index contributed by atoms with van der Waals surface area (Å²) >= 11 is 0. The summed E-state index contributed by atoms with van der Waals surface area (Å²) in [6.07, 6.45) is 0. The molecule has 17 heavy (non-hydrogen) atoms. The maximum atomic E-state index is 11.3. The van der Waals surface area contributed by atoms with Crippen LogP contribution in [0.25, 0.3) is 0 Å². The largest absolute Gasteiger partial charge is 0.506 e. The highest BCUT2D eigenvalue weighted by molar-refractivity contribution is 5.93. The van der Waals surface area contributed by atoms with Crippen LogP contribution in [-0.2, 0) is 9.53 Å². The zero-order valence-corrected chi connectivity index (χ0v) is 9.17. The van der Waals surface area contributed by atoms with Crippen molar-refractivity contribution in [3.8, 4) is 5.75 Å². The molecule has 0 saturated heterocycles. The van der Waals surface area contributed by atoms with Gasteiger partial charge in [-0.2, -0.15) is 0 Å². The first-order valence-corrected chi connectivity index (χ1v) is 4.89. The molecule has 7 nitrogen and oxygen atoms in total. The molecule has 1 aromatic rings. The summed E-state index contributed by atoms with van der Waals surface area (Å²) in [7, 11) is 0. The Morgan fingerprint density at radius 2 is 2.29 bits per heavy atom. The van der Waals surface area contributed by atoms with E-state index in [-0.39, 0.29) is 23.7 Å². The van der Waals surface area contributed by atoms with Gasteiger partial charge in [0.15, 0.2) is 0 Å². The number of amides is 1. The molecule has 0 fully saturated rings. The molecule has 0 aliphatic heterocycles. The number of carbonyl (C=O) groups is 1. The van der Waals surface area contributed by atoms with E-state index < -0.39 is 10.8 Å². The van der Waals surface area contributed by atoms with E-state index in [1.54, 1.807) is 6.92 Å². The Balaban J connectivity index is 2.72. The minimum Gasteiger partial charge on any atom is -0.506 e. The molecule has 2 N–H and O–H groups in total. The lowest BCUT2D eigenvalue weighted by Gasteiger charge is -2.06. The number of nitro benzene ring substituents is 1. The van der Waals surface area contributed by atoms with Gasteiger partial charge in [0.05, 0.1) is 16.7 Å². The molecule has 0 bridgehead atoms. The van der Waals surface area contributed by atoms with Gasteiger partial charge >= 0.3 is 0 Å². The monoisotopic (exact) mass is 240 g/mol. The van der Waals surface area contributed by atoms with Crippen LogP contribution in [0.3, 0.4) is 0 Å². The number of non-ortho nitro benzene ring substituents is 1. The van der Waals surface area contributed by atoms with E-state index in [0.29, 0.717) is 6.61 Å². The topological polar surface area (TPSA) is 102 Å². The van der Waals surface area contributed by atoms with Crippen LogP contribution in [0, 0.1) is 10.1 Å². The van der Waals surface area contributed by atoms with Gasteiger partial charge in [-0.1, -0.05) is 0 Å². The van der Waals surface area contributed by atoms with Gasteiger partial charge in [0, 0.05) is 12.7 Å². The quantitative estimate of drug-likeness (QED) is 0.458. The van der Waals surface area contributed by atoms with Gasteiger partial charge in [-0.3, -0.25) is 14.9 Å². The van der Waals surface area contributed by atoms with Crippen molar-refractivity contribution in [1.82, 2.24) is 0 Å². The summed E-state index contributed by atoms with van der Waals surface area (Å²) in [5.74, 6) is -0.792. The standard InChI is InChI=1S/C10H12N2O5/c1-2-17-6-10(14)11-8-4-3-7(12(15)16)5-9(8)13/h3-5,13H,2,6H2,1H3,(H,11,14). The van der Waals surface area contributed by atoms with Crippen LogP contribution < -0.4 is 5.32 Å². The van der Waals surface area contributed by atoms with E-state index in [4.69, 9.17) is 4.74 Å². The molecular weight excluding hydrogens is 228 g/mol. The molecule has 1 aromatic carbocycles. The van der Waals surface area contributed by atoms with Gasteiger partial charge in [-0.05, 0) is 13.0 Å². The first kappa shape index (κ1) is 12.9. The molecule has 0 atom stereocenters. The number of nitrogens with zero attached hydrogens (tertiary/aromatic N) is 1. The maximum Gasteiger partial charge on any atom is 0.273 e. The van der Waals surface area contributed by atoms with Crippen molar-refractivity contribution >= 4 is 17.3 Å². The second kappa shape index (κ2) is 5.80. The van der Waals surface area contributed by atoms with Gasteiger partial charge in [0.2, 0.25) is 5.91 Å². The second-order valence-electron chi connectivity index (χ2n) is 3.14. The number of carbonyl (C=O) groups excluding carboxylic acids is 1. The molecule has 0 aliphatic carbocycles. The first-order valence-electron chi connectivity index (χ1n) is 4.89. The van der Waals surface area contributed by atoms with E-state index in [2.05, 4.69) is 5.32 Å². The zero-order valence-electron chi connectivity index (χ0n) is 9.17. The van der Waals surface area contributed by atoms with E-state index in [0.717, 1.165) is 6.07 Å². The Morgan fingerprint density at radius 1 is 1.59 bits per heavy atom. The zero-order chi connectivity index (χ0) is 12.8. The van der Waals surface area contributed by atoms with Gasteiger partial charge in [-0.15, -0.1) is 0 Å². The molecule has 1 rings (SSSR count). The summed E-state index contributed by atoms with van der Waals surface area (Å²) in [4.78, 5) is 21.0. The van der Waals surface area contributed by atoms with Crippen molar-refractivity contribution in [2.75, 3.05) is 18.5 Å². The van der Waals surface area contributed by atoms with Crippen LogP contribution in [0.2, 0.25) is 0 Å². The smallest absolute Gasteiger partial charge is 0.273 e. The minimum atomic E-state index is -0.633. The number of aromatic hydroxyl groups is 1. The summed E-state index contributed by atoms with van der Waals surface area (Å²) < 4.78 is 4.87. The molecule has 0 spiro atoms. The van der Waals surface area contributed by atoms with Gasteiger partial charge in [-0.25, -0.2) is 0 Å². The molecule has 1 amide bonds. The highest BCUT2D eigenvalue weighted by Gasteiger charge is 2.11. The maximum absolute atomic E-state index is 11.3. The number of anilines is 1. The molecule has 0 saturated carbocycles. The normalized spacial score (nSPS) is 9.94. The molecule has 0 heterocycles. The predicted molar refractivity (Wildman–Crippen MR) is 59.9 cm³/mol. The van der Waals surface area contributed by atoms with Crippen LogP contribution in [-0.4, -0.2) is 29.2 Å². The number of ether oxygens (including phenoxy) is 1. The second-order valence-corrected chi connectivity index (χ2v) is 3.14. The Hall–Kier alpha value is -2.15. The van der Waals surface area contributed by atoms with Crippen molar-refractivity contribution in [2.45, 2.75) is 6.92 Å². The number of nitro groups is 1. The molecule has 7 heteroatoms. The van der Waals surface area contributed by atoms with Crippen molar-refractivity contribution in [3.05, 3.63) is 28.3 Å². The van der Waals surface area contributed by atoms with Crippen LogP contribution in [0.15, 0.2) is 18.2 Å². The lowest BCUT2D eigenvalue weighted by atomic mass is 10.2. The SMILES string of the molecule is CCOCC(=O)Nc1ccc([N+](=O)[O-])cc1O. The number of phenols is 1. The van der Waals surface area contributed by atoms with E-state index in [9.17, 15) is 20.0 Å². The summed E-state index contributed by atoms with van der Waals surface area (Å²) in [5.41, 5.74) is -0.134. The lowest BCUT2D eigenvalue weighted by Crippen LogP contribution is -2.18. The molecule has 0 unspecified atom stereocenters. The van der Waals surface area contributed by atoms with Crippen molar-refractivity contribution in [3.63, 3.8) is 0 Å². The molecule has 0 aliphatic rings. The third-order valence-electron chi connectivity index (χ3n) is 1.90. The fourth-order valence-corrected chi connectivity index (χ4v) is 1.12. The summed E-state index contributed by atoms with van der Waals surface area (Å²) in [6.45, 7) is 2.02. The lowest BCUT2D eigenvalue weighted by molar-refractivity contribution is -0.384. The van der Waals surface area contributed by atoms with Crippen LogP contribution >= 0.6 is 0 Å². The van der Waals surface area contributed by atoms with Crippen molar-refractivity contribution in [1.29, 1.82) is 0 Å². The molecule has 0 radical (unpaired) electrons. The Morgan fingerprint density at radius 3 is 2.82 bits per heavy atom. The fourth-order valence-electron chi connectivity index (χ4n) is 1.12. The van der Waals surface area contributed by atoms with Gasteiger partial charge < -0.3 is 15.2 Å². The highest BCUT2D eigenvalue weighted by Crippen LogP contribution is 2.27. The van der Waals surface area contributed by atoms with Crippen molar-refractivity contribution < 1.29 is 19.6 Å². The molecule has 92 valence electrons. The third kappa shape index (κ3) is 3.72. The van der Waals surface area contributed by atoms with Gasteiger partial charge in [0.1, 0.15) is 12.4 Å². The molecule has 0 aromatic heterocycles.